The zero-order valence-electron chi connectivity index (χ0n) is 16.9. The molecule has 1 fully saturated rings. The first-order chi connectivity index (χ1) is 14.1. The maximum Gasteiger partial charge on any atom is 0.230 e. The molecular formula is C20H29N5O2S2. The number of hydrogen-bond donors (Lipinski definition) is 2. The van der Waals surface area contributed by atoms with Crippen molar-refractivity contribution in [1.82, 2.24) is 20.2 Å². The summed E-state index contributed by atoms with van der Waals surface area (Å²) in [7, 11) is 0. The van der Waals surface area contributed by atoms with Crippen LogP contribution in [0.2, 0.25) is 0 Å². The van der Waals surface area contributed by atoms with Crippen LogP contribution in [0.25, 0.3) is 10.2 Å². The first-order valence-electron chi connectivity index (χ1n) is 10.4. The van der Waals surface area contributed by atoms with Gasteiger partial charge in [-0.3, -0.25) is 9.69 Å². The highest BCUT2D eigenvalue weighted by Crippen LogP contribution is 2.40. The highest BCUT2D eigenvalue weighted by atomic mass is 32.2. The topological polar surface area (TPSA) is 93.4 Å². The van der Waals surface area contributed by atoms with Crippen LogP contribution in [0.1, 0.15) is 30.2 Å². The van der Waals surface area contributed by atoms with Gasteiger partial charge in [0.15, 0.2) is 5.16 Å². The van der Waals surface area contributed by atoms with E-state index in [2.05, 4.69) is 22.1 Å². The minimum absolute atomic E-state index is 0.00166. The number of carbonyl (C=O) groups excluding carboxylic acids is 1. The van der Waals surface area contributed by atoms with E-state index in [1.165, 1.54) is 35.0 Å². The van der Waals surface area contributed by atoms with Crippen LogP contribution in [0.4, 0.5) is 5.82 Å². The number of nitrogens with two attached hydrogens (primary N) is 1. The summed E-state index contributed by atoms with van der Waals surface area (Å²) in [5.41, 5.74) is 7.64. The second-order valence-corrected chi connectivity index (χ2v) is 9.71. The molecule has 2 aromatic heterocycles. The number of thiophene rings is 1. The number of rotatable bonds is 7. The largest absolute Gasteiger partial charge is 0.383 e. The highest BCUT2D eigenvalue weighted by molar-refractivity contribution is 7.99. The molecule has 0 radical (unpaired) electrons. The average Bonchev–Trinajstić information content (AvgIpc) is 3.11. The maximum absolute atomic E-state index is 12.2. The number of fused-ring (bicyclic) bond motifs is 3. The van der Waals surface area contributed by atoms with E-state index in [0.29, 0.717) is 23.3 Å². The van der Waals surface area contributed by atoms with Gasteiger partial charge in [0.25, 0.3) is 0 Å². The lowest BCUT2D eigenvalue weighted by molar-refractivity contribution is -0.118. The molecule has 9 heteroatoms. The fourth-order valence-corrected chi connectivity index (χ4v) is 6.11. The number of thioether (sulfide) groups is 1. The van der Waals surface area contributed by atoms with Gasteiger partial charge in [0.1, 0.15) is 10.6 Å². The molecule has 0 aromatic carbocycles. The number of carbonyl (C=O) groups is 1. The van der Waals surface area contributed by atoms with Crippen molar-refractivity contribution in [2.75, 3.05) is 50.9 Å². The minimum Gasteiger partial charge on any atom is -0.383 e. The highest BCUT2D eigenvalue weighted by Gasteiger charge is 2.24. The van der Waals surface area contributed by atoms with Crippen LogP contribution in [-0.4, -0.2) is 65.9 Å². The molecule has 1 unspecified atom stereocenters. The molecule has 1 amide bonds. The Bertz CT molecular complexity index is 866. The summed E-state index contributed by atoms with van der Waals surface area (Å²) in [6.07, 6.45) is 4.63. The van der Waals surface area contributed by atoms with E-state index in [1.54, 1.807) is 11.3 Å². The Morgan fingerprint density at radius 3 is 3.00 bits per heavy atom. The zero-order chi connectivity index (χ0) is 20.2. The van der Waals surface area contributed by atoms with Crippen LogP contribution in [0.15, 0.2) is 5.16 Å². The number of anilines is 1. The van der Waals surface area contributed by atoms with Crippen LogP contribution in [-0.2, 0) is 22.4 Å². The Morgan fingerprint density at radius 1 is 1.38 bits per heavy atom. The smallest absolute Gasteiger partial charge is 0.230 e. The Kier molecular flexibility index (Phi) is 6.89. The lowest BCUT2D eigenvalue weighted by atomic mass is 9.86. The summed E-state index contributed by atoms with van der Waals surface area (Å²) < 4.78 is 5.34. The first kappa shape index (κ1) is 20.8. The number of aromatic nitrogens is 2. The predicted octanol–water partition coefficient (Wildman–Crippen LogP) is 2.33. The third kappa shape index (κ3) is 5.02. The summed E-state index contributed by atoms with van der Waals surface area (Å²) in [6, 6.07) is 0. The van der Waals surface area contributed by atoms with Crippen molar-refractivity contribution in [2.24, 2.45) is 5.92 Å². The van der Waals surface area contributed by atoms with E-state index in [1.807, 2.05) is 0 Å². The van der Waals surface area contributed by atoms with Crippen LogP contribution in [0, 0.1) is 5.92 Å². The van der Waals surface area contributed by atoms with Crippen LogP contribution < -0.4 is 11.1 Å². The molecule has 0 spiro atoms. The molecule has 2 aromatic rings. The van der Waals surface area contributed by atoms with E-state index in [9.17, 15) is 4.79 Å². The summed E-state index contributed by atoms with van der Waals surface area (Å²) in [5.74, 6) is 1.62. The molecule has 29 heavy (non-hydrogen) atoms. The van der Waals surface area contributed by atoms with Crippen molar-refractivity contribution in [1.29, 1.82) is 0 Å². The second-order valence-electron chi connectivity index (χ2n) is 7.69. The molecule has 1 aliphatic heterocycles. The molecule has 2 aliphatic rings. The van der Waals surface area contributed by atoms with Crippen molar-refractivity contribution in [3.63, 3.8) is 0 Å². The van der Waals surface area contributed by atoms with Gasteiger partial charge in [-0.15, -0.1) is 11.3 Å². The molecule has 0 saturated carbocycles. The summed E-state index contributed by atoms with van der Waals surface area (Å²) >= 11 is 3.10. The van der Waals surface area contributed by atoms with Crippen molar-refractivity contribution < 1.29 is 9.53 Å². The lowest BCUT2D eigenvalue weighted by Gasteiger charge is -2.26. The molecule has 1 saturated heterocycles. The molecular weight excluding hydrogens is 406 g/mol. The number of morpholine rings is 1. The van der Waals surface area contributed by atoms with E-state index in [4.69, 9.17) is 15.5 Å². The van der Waals surface area contributed by atoms with Gasteiger partial charge in [0.05, 0.1) is 24.4 Å². The van der Waals surface area contributed by atoms with Crippen LogP contribution >= 0.6 is 23.1 Å². The van der Waals surface area contributed by atoms with E-state index in [0.717, 1.165) is 61.8 Å². The molecule has 1 atom stereocenters. The molecule has 7 nitrogen and oxygen atoms in total. The van der Waals surface area contributed by atoms with Gasteiger partial charge in [0, 0.05) is 31.1 Å². The van der Waals surface area contributed by atoms with Gasteiger partial charge in [-0.1, -0.05) is 25.1 Å². The van der Waals surface area contributed by atoms with Gasteiger partial charge in [0.2, 0.25) is 5.91 Å². The van der Waals surface area contributed by atoms with Crippen LogP contribution in [0.3, 0.4) is 0 Å². The van der Waals surface area contributed by atoms with Gasteiger partial charge < -0.3 is 15.8 Å². The molecule has 4 rings (SSSR count). The number of aryl methyl sites for hydroxylation is 1. The Morgan fingerprint density at radius 2 is 2.21 bits per heavy atom. The normalized spacial score (nSPS) is 20.0. The number of nitrogens with zero attached hydrogens (tertiary/aromatic N) is 3. The SMILES string of the molecule is CCC1CCc2c(sc3nc(SCC(=O)NCCN4CCOCC4)nc(N)c23)C1. The van der Waals surface area contributed by atoms with Crippen molar-refractivity contribution in [3.05, 3.63) is 10.4 Å². The quantitative estimate of drug-likeness (QED) is 0.509. The van der Waals surface area contributed by atoms with Crippen molar-refractivity contribution in [3.8, 4) is 0 Å². The lowest BCUT2D eigenvalue weighted by Crippen LogP contribution is -2.41. The van der Waals surface area contributed by atoms with E-state index < -0.39 is 0 Å². The Labute approximate surface area is 179 Å². The number of amides is 1. The number of nitrogens with one attached hydrogen (secondary N) is 1. The fourth-order valence-electron chi connectivity index (χ4n) is 4.03. The van der Waals surface area contributed by atoms with Gasteiger partial charge in [-0.25, -0.2) is 9.97 Å². The van der Waals surface area contributed by atoms with E-state index >= 15 is 0 Å². The first-order valence-corrected chi connectivity index (χ1v) is 12.2. The van der Waals surface area contributed by atoms with Crippen molar-refractivity contribution in [2.45, 2.75) is 37.8 Å². The summed E-state index contributed by atoms with van der Waals surface area (Å²) in [5, 5.41) is 4.60. The van der Waals surface area contributed by atoms with Crippen LogP contribution in [0.5, 0.6) is 0 Å². The number of hydrogen-bond acceptors (Lipinski definition) is 8. The third-order valence-corrected chi connectivity index (χ3v) is 7.78. The average molecular weight is 436 g/mol. The molecule has 3 heterocycles. The molecule has 158 valence electrons. The predicted molar refractivity (Wildman–Crippen MR) is 119 cm³/mol. The van der Waals surface area contributed by atoms with Crippen molar-refractivity contribution >= 4 is 45.0 Å². The molecule has 3 N–H and O–H groups in total. The standard InChI is InChI=1S/C20H29N5O2S2/c1-2-13-3-4-14-15(11-13)29-19-17(14)18(21)23-20(24-19)28-12-16(26)22-5-6-25-7-9-27-10-8-25/h13H,2-12H2,1H3,(H,22,26)(H2,21,23,24). The molecule has 1 aliphatic carbocycles. The third-order valence-electron chi connectivity index (χ3n) is 5.78. The van der Waals surface area contributed by atoms with Gasteiger partial charge in [-0.2, -0.15) is 0 Å². The van der Waals surface area contributed by atoms with E-state index in [-0.39, 0.29) is 5.91 Å². The summed E-state index contributed by atoms with van der Waals surface area (Å²) in [6.45, 7) is 7.18. The minimum atomic E-state index is 0.00166. The number of nitrogen functional groups attached to an aromatic ring is 1. The van der Waals surface area contributed by atoms with Gasteiger partial charge in [-0.05, 0) is 30.7 Å². The molecule has 0 bridgehead atoms. The fraction of sp³-hybridized carbons (Fsp3) is 0.650. The maximum atomic E-state index is 12.2. The second kappa shape index (κ2) is 9.59. The van der Waals surface area contributed by atoms with Gasteiger partial charge >= 0.3 is 0 Å². The Balaban J connectivity index is 1.33. The number of ether oxygens (including phenoxy) is 1. The summed E-state index contributed by atoms with van der Waals surface area (Å²) in [4.78, 5) is 26.0. The zero-order valence-corrected chi connectivity index (χ0v) is 18.5. The Hall–Kier alpha value is -1.42. The monoisotopic (exact) mass is 435 g/mol.